The van der Waals surface area contributed by atoms with E-state index in [9.17, 15) is 14.4 Å². The van der Waals surface area contributed by atoms with Crippen LogP contribution in [-0.4, -0.2) is 35.1 Å². The fourth-order valence-electron chi connectivity index (χ4n) is 2.17. The number of nitrogens with zero attached hydrogens (tertiary/aromatic N) is 1. The molecule has 1 heterocycles. The third-order valence-electron chi connectivity index (χ3n) is 3.18. The largest absolute Gasteiger partial charge is 0.481 e. The van der Waals surface area contributed by atoms with Crippen LogP contribution >= 0.6 is 11.8 Å². The Kier molecular flexibility index (Phi) is 4.13. The number of hydrogen-bond acceptors (Lipinski definition) is 4. The molecule has 2 rings (SSSR count). The zero-order valence-corrected chi connectivity index (χ0v) is 12.1. The minimum absolute atomic E-state index is 0.0546. The van der Waals surface area contributed by atoms with E-state index in [1.165, 1.54) is 16.7 Å². The summed E-state index contributed by atoms with van der Waals surface area (Å²) < 4.78 is 0. The van der Waals surface area contributed by atoms with E-state index in [4.69, 9.17) is 5.11 Å². The summed E-state index contributed by atoms with van der Waals surface area (Å²) >= 11 is 1.42. The number of fused-ring (bicyclic) bond motifs is 1. The molecule has 0 radical (unpaired) electrons. The van der Waals surface area contributed by atoms with Crippen LogP contribution < -0.4 is 4.90 Å². The van der Waals surface area contributed by atoms with E-state index in [0.29, 0.717) is 11.3 Å². The van der Waals surface area contributed by atoms with Gasteiger partial charge in [-0.2, -0.15) is 0 Å². The lowest BCUT2D eigenvalue weighted by Gasteiger charge is -2.30. The number of thioether (sulfide) groups is 1. The van der Waals surface area contributed by atoms with Gasteiger partial charge >= 0.3 is 5.97 Å². The van der Waals surface area contributed by atoms with Gasteiger partial charge in [0.2, 0.25) is 5.91 Å². The van der Waals surface area contributed by atoms with Crippen molar-refractivity contribution >= 4 is 35.1 Å². The highest BCUT2D eigenvalue weighted by Gasteiger charge is 2.31. The Balaban J connectivity index is 2.37. The van der Waals surface area contributed by atoms with E-state index >= 15 is 0 Å². The Bertz CT molecular complexity index is 585. The zero-order chi connectivity index (χ0) is 14.9. The van der Waals surface area contributed by atoms with Gasteiger partial charge < -0.3 is 10.0 Å². The van der Waals surface area contributed by atoms with Gasteiger partial charge in [-0.1, -0.05) is 6.07 Å². The van der Waals surface area contributed by atoms with Crippen LogP contribution in [-0.2, 0) is 9.59 Å². The molecule has 1 aliphatic heterocycles. The second kappa shape index (κ2) is 5.66. The van der Waals surface area contributed by atoms with Crippen molar-refractivity contribution in [2.24, 2.45) is 0 Å². The molecule has 1 aromatic rings. The molecule has 1 atom stereocenters. The lowest BCUT2D eigenvalue weighted by atomic mass is 10.0. The highest BCUT2D eigenvalue weighted by Crippen LogP contribution is 2.40. The number of aliphatic carboxylic acids is 1. The standard InChI is InChI=1S/C14H15NO4S/c1-8-14(19)15(2)13-9(4-3-5-11(13)20-8)10(16)6-7-12(17)18/h3-5,8H,6-7H2,1-2H3,(H,17,18). The number of carbonyl (C=O) groups excluding carboxylic acids is 2. The quantitative estimate of drug-likeness (QED) is 0.861. The zero-order valence-electron chi connectivity index (χ0n) is 11.3. The number of Topliss-reactive ketones (excluding diaryl/α,β-unsaturated/α-hetero) is 1. The molecular weight excluding hydrogens is 278 g/mol. The Morgan fingerprint density at radius 3 is 2.70 bits per heavy atom. The van der Waals surface area contributed by atoms with Crippen LogP contribution in [0.4, 0.5) is 5.69 Å². The number of ketones is 1. The predicted molar refractivity (Wildman–Crippen MR) is 76.4 cm³/mol. The maximum atomic E-state index is 12.1. The minimum Gasteiger partial charge on any atom is -0.481 e. The van der Waals surface area contributed by atoms with Gasteiger partial charge in [-0.15, -0.1) is 11.8 Å². The van der Waals surface area contributed by atoms with Gasteiger partial charge in [0.25, 0.3) is 0 Å². The summed E-state index contributed by atoms with van der Waals surface area (Å²) in [6.07, 6.45) is -0.266. The predicted octanol–water partition coefficient (Wildman–Crippen LogP) is 2.19. The SMILES string of the molecule is CC1Sc2cccc(C(=O)CCC(=O)O)c2N(C)C1=O. The van der Waals surface area contributed by atoms with E-state index < -0.39 is 5.97 Å². The first-order valence-electron chi connectivity index (χ1n) is 6.24. The monoisotopic (exact) mass is 293 g/mol. The number of benzene rings is 1. The fraction of sp³-hybridized carbons (Fsp3) is 0.357. The summed E-state index contributed by atoms with van der Waals surface area (Å²) in [6, 6.07) is 5.27. The second-order valence-corrected chi connectivity index (χ2v) is 6.01. The molecule has 6 heteroatoms. The normalized spacial score (nSPS) is 17.8. The molecule has 5 nitrogen and oxygen atoms in total. The van der Waals surface area contributed by atoms with Gasteiger partial charge in [0, 0.05) is 23.9 Å². The Hall–Kier alpha value is -1.82. The molecule has 0 bridgehead atoms. The van der Waals surface area contributed by atoms with Crippen LogP contribution in [0.3, 0.4) is 0 Å². The summed E-state index contributed by atoms with van der Waals surface area (Å²) in [5, 5.41) is 8.47. The average molecular weight is 293 g/mol. The van der Waals surface area contributed by atoms with Gasteiger partial charge in [0.05, 0.1) is 17.4 Å². The number of anilines is 1. The van der Waals surface area contributed by atoms with Crippen LogP contribution in [0, 0.1) is 0 Å². The summed E-state index contributed by atoms with van der Waals surface area (Å²) in [5.41, 5.74) is 1.01. The summed E-state index contributed by atoms with van der Waals surface area (Å²) in [6.45, 7) is 1.82. The molecule has 106 valence electrons. The molecule has 0 fully saturated rings. The van der Waals surface area contributed by atoms with E-state index in [1.807, 2.05) is 13.0 Å². The maximum absolute atomic E-state index is 12.1. The Morgan fingerprint density at radius 1 is 1.35 bits per heavy atom. The van der Waals surface area contributed by atoms with Crippen LogP contribution in [0.15, 0.2) is 23.1 Å². The second-order valence-electron chi connectivity index (χ2n) is 4.63. The van der Waals surface area contributed by atoms with Crippen molar-refractivity contribution in [3.63, 3.8) is 0 Å². The fourth-order valence-corrected chi connectivity index (χ4v) is 3.32. The molecule has 1 aliphatic rings. The lowest BCUT2D eigenvalue weighted by Crippen LogP contribution is -2.37. The molecule has 1 aromatic carbocycles. The van der Waals surface area contributed by atoms with E-state index in [2.05, 4.69) is 0 Å². The molecule has 1 amide bonds. The first kappa shape index (κ1) is 14.6. The van der Waals surface area contributed by atoms with Gasteiger partial charge in [-0.3, -0.25) is 14.4 Å². The number of rotatable bonds is 4. The van der Waals surface area contributed by atoms with E-state index in [1.54, 1.807) is 19.2 Å². The smallest absolute Gasteiger partial charge is 0.303 e. The molecule has 1 unspecified atom stereocenters. The van der Waals surface area contributed by atoms with Crippen LogP contribution in [0.25, 0.3) is 0 Å². The van der Waals surface area contributed by atoms with Crippen LogP contribution in [0.2, 0.25) is 0 Å². The number of carbonyl (C=O) groups is 3. The van der Waals surface area contributed by atoms with Crippen molar-refractivity contribution in [3.05, 3.63) is 23.8 Å². The number of carboxylic acid groups (broad SMARTS) is 1. The Morgan fingerprint density at radius 2 is 2.05 bits per heavy atom. The molecule has 20 heavy (non-hydrogen) atoms. The molecule has 0 aromatic heterocycles. The van der Waals surface area contributed by atoms with Crippen molar-refractivity contribution in [1.82, 2.24) is 0 Å². The lowest BCUT2D eigenvalue weighted by molar-refractivity contribution is -0.137. The van der Waals surface area contributed by atoms with E-state index in [-0.39, 0.29) is 29.8 Å². The highest BCUT2D eigenvalue weighted by molar-refractivity contribution is 8.01. The van der Waals surface area contributed by atoms with Gasteiger partial charge in [0.1, 0.15) is 0 Å². The Labute approximate surface area is 121 Å². The number of carboxylic acids is 1. The van der Waals surface area contributed by atoms with Crippen LogP contribution in [0.1, 0.15) is 30.1 Å². The summed E-state index contributed by atoms with van der Waals surface area (Å²) in [7, 11) is 1.64. The van der Waals surface area contributed by atoms with E-state index in [0.717, 1.165) is 4.90 Å². The van der Waals surface area contributed by atoms with Gasteiger partial charge in [-0.25, -0.2) is 0 Å². The van der Waals surface area contributed by atoms with Crippen molar-refractivity contribution in [2.75, 3.05) is 11.9 Å². The topological polar surface area (TPSA) is 74.7 Å². The number of hydrogen-bond donors (Lipinski definition) is 1. The van der Waals surface area contributed by atoms with Crippen molar-refractivity contribution in [2.45, 2.75) is 29.9 Å². The molecule has 0 aliphatic carbocycles. The average Bonchev–Trinajstić information content (AvgIpc) is 2.41. The molecule has 0 saturated carbocycles. The van der Waals surface area contributed by atoms with Crippen molar-refractivity contribution < 1.29 is 19.5 Å². The summed E-state index contributed by atoms with van der Waals surface area (Å²) in [4.78, 5) is 37.1. The third-order valence-corrected chi connectivity index (χ3v) is 4.32. The van der Waals surface area contributed by atoms with Crippen molar-refractivity contribution in [1.29, 1.82) is 0 Å². The first-order chi connectivity index (χ1) is 9.41. The van der Waals surface area contributed by atoms with Gasteiger partial charge in [0.15, 0.2) is 5.78 Å². The highest BCUT2D eigenvalue weighted by atomic mass is 32.2. The maximum Gasteiger partial charge on any atom is 0.303 e. The number of amides is 1. The minimum atomic E-state index is -1.00. The first-order valence-corrected chi connectivity index (χ1v) is 7.12. The van der Waals surface area contributed by atoms with Gasteiger partial charge in [-0.05, 0) is 19.1 Å². The molecule has 0 spiro atoms. The van der Waals surface area contributed by atoms with Crippen LogP contribution in [0.5, 0.6) is 0 Å². The molecular formula is C14H15NO4S. The third kappa shape index (κ3) is 2.70. The summed E-state index contributed by atoms with van der Waals surface area (Å²) in [5.74, 6) is -1.31. The number of para-hydroxylation sites is 1. The molecule has 1 N–H and O–H groups in total. The molecule has 0 saturated heterocycles. The van der Waals surface area contributed by atoms with Crippen molar-refractivity contribution in [3.8, 4) is 0 Å².